The van der Waals surface area contributed by atoms with Crippen LogP contribution in [0.15, 0.2) is 36.4 Å². The van der Waals surface area contributed by atoms with E-state index in [-0.39, 0.29) is 5.69 Å². The van der Waals surface area contributed by atoms with E-state index in [9.17, 15) is 10.1 Å². The van der Waals surface area contributed by atoms with Gasteiger partial charge in [0.25, 0.3) is 5.69 Å². The van der Waals surface area contributed by atoms with Crippen molar-refractivity contribution in [2.24, 2.45) is 0 Å². The minimum absolute atomic E-state index is 0.0492. The number of fused-ring (bicyclic) bond motifs is 1. The van der Waals surface area contributed by atoms with Crippen LogP contribution in [0, 0.1) is 10.1 Å². The zero-order valence-electron chi connectivity index (χ0n) is 7.11. The molecule has 14 heavy (non-hydrogen) atoms. The summed E-state index contributed by atoms with van der Waals surface area (Å²) in [6, 6.07) is 10.2. The molecule has 0 bridgehead atoms. The number of benzene rings is 2. The number of non-ortho nitro benzene ring substituents is 1. The lowest BCUT2D eigenvalue weighted by atomic mass is 10.1. The van der Waals surface area contributed by atoms with Gasteiger partial charge in [0.15, 0.2) is 0 Å². The predicted molar refractivity (Wildman–Crippen MR) is 55.6 cm³/mol. The second kappa shape index (κ2) is 3.27. The molecule has 0 aliphatic rings. The monoisotopic (exact) mass is 207 g/mol. The van der Waals surface area contributed by atoms with Crippen molar-refractivity contribution in [2.75, 3.05) is 0 Å². The number of nitro groups is 1. The Kier molecular flexibility index (Phi) is 2.09. The van der Waals surface area contributed by atoms with Gasteiger partial charge in [0, 0.05) is 11.1 Å². The topological polar surface area (TPSA) is 43.1 Å². The summed E-state index contributed by atoms with van der Waals surface area (Å²) in [4.78, 5) is 10.3. The molecule has 0 aliphatic carbocycles. The molecule has 0 amide bonds. The van der Waals surface area contributed by atoms with Gasteiger partial charge in [0.05, 0.1) is 10.3 Å². The van der Waals surface area contributed by atoms with E-state index in [1.807, 2.05) is 6.07 Å². The lowest BCUT2D eigenvalue weighted by Crippen LogP contribution is -1.89. The molecular weight excluding hydrogens is 202 g/mol. The van der Waals surface area contributed by atoms with E-state index in [2.05, 4.69) is 0 Å². The van der Waals surface area contributed by atoms with Gasteiger partial charge >= 0.3 is 0 Å². The fourth-order valence-corrected chi connectivity index (χ4v) is 1.63. The number of halogens is 1. The van der Waals surface area contributed by atoms with Crippen molar-refractivity contribution in [3.8, 4) is 0 Å². The summed E-state index contributed by atoms with van der Waals surface area (Å²) >= 11 is 5.76. The lowest BCUT2D eigenvalue weighted by molar-refractivity contribution is -0.383. The molecular formula is C10H6ClNO2. The molecule has 0 N–H and O–H groups in total. The van der Waals surface area contributed by atoms with Crippen LogP contribution in [-0.4, -0.2) is 4.92 Å². The van der Waals surface area contributed by atoms with Gasteiger partial charge in [-0.3, -0.25) is 10.1 Å². The van der Waals surface area contributed by atoms with Crippen LogP contribution in [0.3, 0.4) is 0 Å². The van der Waals surface area contributed by atoms with Crippen LogP contribution in [0.25, 0.3) is 10.8 Å². The Morgan fingerprint density at radius 1 is 1.21 bits per heavy atom. The molecule has 2 aromatic carbocycles. The first-order valence-electron chi connectivity index (χ1n) is 4.01. The highest BCUT2D eigenvalue weighted by Gasteiger charge is 2.11. The molecule has 0 saturated carbocycles. The van der Waals surface area contributed by atoms with Crippen molar-refractivity contribution in [1.82, 2.24) is 0 Å². The molecule has 2 aromatic rings. The Labute approximate surface area is 85.1 Å². The van der Waals surface area contributed by atoms with Gasteiger partial charge in [0.1, 0.15) is 0 Å². The highest BCUT2D eigenvalue weighted by Crippen LogP contribution is 2.29. The third-order valence-corrected chi connectivity index (χ3v) is 2.22. The molecule has 2 rings (SSSR count). The van der Waals surface area contributed by atoms with Crippen LogP contribution >= 0.6 is 11.6 Å². The first kappa shape index (κ1) is 8.97. The van der Waals surface area contributed by atoms with E-state index in [0.717, 1.165) is 5.39 Å². The Morgan fingerprint density at radius 2 is 1.93 bits per heavy atom. The van der Waals surface area contributed by atoms with Crippen molar-refractivity contribution < 1.29 is 4.92 Å². The summed E-state index contributed by atoms with van der Waals surface area (Å²) in [5.41, 5.74) is 0.0492. The predicted octanol–water partition coefficient (Wildman–Crippen LogP) is 3.40. The normalized spacial score (nSPS) is 10.4. The number of hydrogen-bond donors (Lipinski definition) is 0. The molecule has 0 fully saturated rings. The number of rotatable bonds is 1. The molecule has 4 heteroatoms. The van der Waals surface area contributed by atoms with Crippen molar-refractivity contribution in [2.45, 2.75) is 0 Å². The first-order chi connectivity index (χ1) is 6.68. The van der Waals surface area contributed by atoms with Crippen molar-refractivity contribution in [3.05, 3.63) is 51.5 Å². The summed E-state index contributed by atoms with van der Waals surface area (Å²) in [5, 5.41) is 12.5. The largest absolute Gasteiger partial charge is 0.278 e. The zero-order chi connectivity index (χ0) is 10.1. The highest BCUT2D eigenvalue weighted by atomic mass is 35.5. The zero-order valence-corrected chi connectivity index (χ0v) is 7.86. The SMILES string of the molecule is O=[N+]([O-])c1cc(Cl)cc2ccccc12. The maximum atomic E-state index is 10.7. The van der Waals surface area contributed by atoms with E-state index < -0.39 is 4.92 Å². The third-order valence-electron chi connectivity index (χ3n) is 2.00. The fraction of sp³-hybridized carbons (Fsp3) is 0. The standard InChI is InChI=1S/C10H6ClNO2/c11-8-5-7-3-1-2-4-9(7)10(6-8)12(13)14/h1-6H. The Hall–Kier alpha value is -1.61. The van der Waals surface area contributed by atoms with Gasteiger partial charge in [-0.25, -0.2) is 0 Å². The molecule has 0 saturated heterocycles. The summed E-state index contributed by atoms with van der Waals surface area (Å²) in [5.74, 6) is 0. The minimum Gasteiger partial charge on any atom is -0.258 e. The van der Waals surface area contributed by atoms with Gasteiger partial charge in [-0.15, -0.1) is 0 Å². The number of nitrogens with zero attached hydrogens (tertiary/aromatic N) is 1. The van der Waals surface area contributed by atoms with E-state index in [1.165, 1.54) is 6.07 Å². The van der Waals surface area contributed by atoms with E-state index >= 15 is 0 Å². The Balaban J connectivity index is 2.87. The van der Waals surface area contributed by atoms with E-state index in [1.54, 1.807) is 24.3 Å². The maximum absolute atomic E-state index is 10.7. The molecule has 0 aromatic heterocycles. The molecule has 0 unspecified atom stereocenters. The van der Waals surface area contributed by atoms with Crippen molar-refractivity contribution in [1.29, 1.82) is 0 Å². The van der Waals surface area contributed by atoms with Crippen LogP contribution in [0.2, 0.25) is 5.02 Å². The van der Waals surface area contributed by atoms with Gasteiger partial charge in [0.2, 0.25) is 0 Å². The highest BCUT2D eigenvalue weighted by molar-refractivity contribution is 6.31. The molecule has 3 nitrogen and oxygen atoms in total. The summed E-state index contributed by atoms with van der Waals surface area (Å²) in [6.45, 7) is 0. The Morgan fingerprint density at radius 3 is 2.64 bits per heavy atom. The van der Waals surface area contributed by atoms with Gasteiger partial charge in [-0.2, -0.15) is 0 Å². The smallest absolute Gasteiger partial charge is 0.258 e. The van der Waals surface area contributed by atoms with Crippen LogP contribution in [-0.2, 0) is 0 Å². The first-order valence-corrected chi connectivity index (χ1v) is 4.39. The van der Waals surface area contributed by atoms with E-state index in [0.29, 0.717) is 10.4 Å². The fourth-order valence-electron chi connectivity index (χ4n) is 1.41. The molecule has 70 valence electrons. The summed E-state index contributed by atoms with van der Waals surface area (Å²) in [7, 11) is 0. The lowest BCUT2D eigenvalue weighted by Gasteiger charge is -1.99. The van der Waals surface area contributed by atoms with Crippen LogP contribution in [0.1, 0.15) is 0 Å². The Bertz CT molecular complexity index is 510. The second-order valence-electron chi connectivity index (χ2n) is 2.90. The number of hydrogen-bond acceptors (Lipinski definition) is 2. The molecule has 0 radical (unpaired) electrons. The van der Waals surface area contributed by atoms with Gasteiger partial charge < -0.3 is 0 Å². The van der Waals surface area contributed by atoms with Crippen LogP contribution in [0.4, 0.5) is 5.69 Å². The van der Waals surface area contributed by atoms with E-state index in [4.69, 9.17) is 11.6 Å². The third kappa shape index (κ3) is 1.42. The summed E-state index contributed by atoms with van der Waals surface area (Å²) < 4.78 is 0. The van der Waals surface area contributed by atoms with Gasteiger partial charge in [-0.1, -0.05) is 29.8 Å². The average molecular weight is 208 g/mol. The van der Waals surface area contributed by atoms with Gasteiger partial charge in [-0.05, 0) is 17.5 Å². The quantitative estimate of drug-likeness (QED) is 0.531. The minimum atomic E-state index is -0.422. The molecule has 0 heterocycles. The maximum Gasteiger partial charge on any atom is 0.278 e. The number of nitro benzene ring substituents is 1. The average Bonchev–Trinajstić information content (AvgIpc) is 2.16. The van der Waals surface area contributed by atoms with Crippen LogP contribution < -0.4 is 0 Å². The molecule has 0 atom stereocenters. The van der Waals surface area contributed by atoms with Crippen molar-refractivity contribution >= 4 is 28.1 Å². The second-order valence-corrected chi connectivity index (χ2v) is 3.34. The molecule has 0 aliphatic heterocycles. The van der Waals surface area contributed by atoms with Crippen molar-refractivity contribution in [3.63, 3.8) is 0 Å². The molecule has 0 spiro atoms. The van der Waals surface area contributed by atoms with Crippen LogP contribution in [0.5, 0.6) is 0 Å². The summed E-state index contributed by atoms with van der Waals surface area (Å²) in [6.07, 6.45) is 0.